The number of halogens is 1. The van der Waals surface area contributed by atoms with Crippen molar-refractivity contribution in [1.82, 2.24) is 20.3 Å². The van der Waals surface area contributed by atoms with Gasteiger partial charge in [0.15, 0.2) is 5.75 Å². The number of anilines is 1. The Morgan fingerprint density at radius 1 is 1.18 bits per heavy atom. The summed E-state index contributed by atoms with van der Waals surface area (Å²) in [6.45, 7) is 3.67. The van der Waals surface area contributed by atoms with Gasteiger partial charge in [-0.1, -0.05) is 23.7 Å². The van der Waals surface area contributed by atoms with Crippen molar-refractivity contribution in [1.29, 1.82) is 0 Å². The van der Waals surface area contributed by atoms with Crippen LogP contribution in [-0.4, -0.2) is 33.8 Å². The van der Waals surface area contributed by atoms with Gasteiger partial charge in [0.05, 0.1) is 0 Å². The summed E-state index contributed by atoms with van der Waals surface area (Å²) in [5.41, 5.74) is 2.02. The van der Waals surface area contributed by atoms with Gasteiger partial charge in [0.25, 0.3) is 11.8 Å². The Kier molecular flexibility index (Phi) is 5.70. The topological polar surface area (TPSA) is 112 Å². The predicted octanol–water partition coefficient (Wildman–Crippen LogP) is 3.45. The summed E-state index contributed by atoms with van der Waals surface area (Å²) in [6, 6.07) is 8.69. The largest absolute Gasteiger partial charge is 0.484 e. The van der Waals surface area contributed by atoms with Gasteiger partial charge in [-0.05, 0) is 31.5 Å². The molecular weight excluding hydrogens is 382 g/mol. The lowest BCUT2D eigenvalue weighted by atomic mass is 10.1. The first kappa shape index (κ1) is 19.5. The monoisotopic (exact) mass is 401 g/mol. The number of carbonyl (C=O) groups excluding carboxylic acids is 2. The van der Waals surface area contributed by atoms with Crippen LogP contribution < -0.4 is 15.4 Å². The molecule has 3 rings (SSSR count). The van der Waals surface area contributed by atoms with E-state index in [0.717, 1.165) is 11.3 Å². The van der Waals surface area contributed by atoms with Crippen LogP contribution in [0.3, 0.4) is 0 Å². The average Bonchev–Trinajstić information content (AvgIpc) is 3.27. The molecule has 2 amide bonds. The van der Waals surface area contributed by atoms with Crippen molar-refractivity contribution in [2.45, 2.75) is 20.0 Å². The minimum absolute atomic E-state index is 0.157. The number of amides is 2. The summed E-state index contributed by atoms with van der Waals surface area (Å²) in [5, 5.41) is 5.78. The van der Waals surface area contributed by atoms with E-state index in [2.05, 4.69) is 25.6 Å². The summed E-state index contributed by atoms with van der Waals surface area (Å²) in [4.78, 5) is 34.5. The number of H-pyrrole nitrogens is 2. The first-order chi connectivity index (χ1) is 13.4. The standard InChI is InChI=1S/C19H20ClN5O3/c1-10-9-22-19(23-10)25-17(26)14-8-15(16(24-14)18(27)21-3)28-11(2)12-4-6-13(20)7-5-12/h4-9,11,24H,1-3H3,(H,21,27)(H2,22,23,25,26)/t11-/m0/s1. The number of aryl methyl sites for hydroxylation is 1. The van der Waals surface area contributed by atoms with Gasteiger partial charge in [-0.3, -0.25) is 14.9 Å². The van der Waals surface area contributed by atoms with E-state index >= 15 is 0 Å². The third-order valence-electron chi connectivity index (χ3n) is 4.06. The van der Waals surface area contributed by atoms with Crippen LogP contribution >= 0.6 is 11.6 Å². The molecule has 0 aliphatic carbocycles. The number of ether oxygens (including phenoxy) is 1. The van der Waals surface area contributed by atoms with Gasteiger partial charge < -0.3 is 20.0 Å². The Hall–Kier alpha value is -3.26. The van der Waals surface area contributed by atoms with Crippen LogP contribution in [0.15, 0.2) is 36.5 Å². The van der Waals surface area contributed by atoms with Crippen LogP contribution in [-0.2, 0) is 0 Å². The molecule has 2 aromatic heterocycles. The van der Waals surface area contributed by atoms with Gasteiger partial charge in [0.2, 0.25) is 5.95 Å². The number of hydrogen-bond donors (Lipinski definition) is 4. The van der Waals surface area contributed by atoms with E-state index in [0.29, 0.717) is 11.0 Å². The first-order valence-corrected chi connectivity index (χ1v) is 8.95. The average molecular weight is 402 g/mol. The van der Waals surface area contributed by atoms with Crippen LogP contribution in [0.4, 0.5) is 5.95 Å². The second-order valence-electron chi connectivity index (χ2n) is 6.18. The zero-order valence-electron chi connectivity index (χ0n) is 15.6. The molecule has 1 atom stereocenters. The molecule has 0 fully saturated rings. The summed E-state index contributed by atoms with van der Waals surface area (Å²) in [6.07, 6.45) is 1.24. The Labute approximate surface area is 166 Å². The van der Waals surface area contributed by atoms with Crippen LogP contribution in [0.5, 0.6) is 5.75 Å². The first-order valence-electron chi connectivity index (χ1n) is 8.57. The highest BCUT2D eigenvalue weighted by Gasteiger charge is 2.22. The number of aromatic amines is 2. The van der Waals surface area contributed by atoms with E-state index in [9.17, 15) is 9.59 Å². The lowest BCUT2D eigenvalue weighted by Gasteiger charge is -2.15. The molecule has 0 unspecified atom stereocenters. The second-order valence-corrected chi connectivity index (χ2v) is 6.62. The molecule has 0 saturated carbocycles. The van der Waals surface area contributed by atoms with Crippen molar-refractivity contribution in [3.63, 3.8) is 0 Å². The molecule has 0 aliphatic heterocycles. The number of nitrogens with one attached hydrogen (secondary N) is 4. The molecule has 146 valence electrons. The molecule has 4 N–H and O–H groups in total. The Morgan fingerprint density at radius 2 is 1.89 bits per heavy atom. The van der Waals surface area contributed by atoms with Gasteiger partial charge in [-0.25, -0.2) is 4.98 Å². The minimum atomic E-state index is -0.450. The summed E-state index contributed by atoms with van der Waals surface area (Å²) >= 11 is 5.92. The molecule has 0 bridgehead atoms. The van der Waals surface area contributed by atoms with Gasteiger partial charge in [-0.2, -0.15) is 0 Å². The fraction of sp³-hybridized carbons (Fsp3) is 0.211. The maximum absolute atomic E-state index is 12.5. The number of carbonyl (C=O) groups is 2. The van der Waals surface area contributed by atoms with Crippen molar-refractivity contribution in [2.24, 2.45) is 0 Å². The van der Waals surface area contributed by atoms with Crippen molar-refractivity contribution >= 4 is 29.4 Å². The normalized spacial score (nSPS) is 11.7. The third-order valence-corrected chi connectivity index (χ3v) is 4.31. The van der Waals surface area contributed by atoms with Gasteiger partial charge in [0, 0.05) is 30.0 Å². The highest BCUT2D eigenvalue weighted by atomic mass is 35.5. The molecule has 28 heavy (non-hydrogen) atoms. The van der Waals surface area contributed by atoms with E-state index in [-0.39, 0.29) is 23.2 Å². The molecule has 0 aliphatic rings. The molecule has 9 heteroatoms. The van der Waals surface area contributed by atoms with Crippen LogP contribution in [0.1, 0.15) is 45.3 Å². The Morgan fingerprint density at radius 3 is 2.50 bits per heavy atom. The van der Waals surface area contributed by atoms with Gasteiger partial charge in [0.1, 0.15) is 17.5 Å². The quantitative estimate of drug-likeness (QED) is 0.506. The van der Waals surface area contributed by atoms with Crippen LogP contribution in [0, 0.1) is 6.92 Å². The molecular formula is C19H20ClN5O3. The van der Waals surface area contributed by atoms with E-state index in [1.54, 1.807) is 18.3 Å². The maximum atomic E-state index is 12.5. The minimum Gasteiger partial charge on any atom is -0.484 e. The third kappa shape index (κ3) is 4.34. The number of hydrogen-bond acceptors (Lipinski definition) is 4. The Bertz CT molecular complexity index is 993. The number of nitrogens with zero attached hydrogens (tertiary/aromatic N) is 1. The van der Waals surface area contributed by atoms with E-state index in [1.807, 2.05) is 26.0 Å². The summed E-state index contributed by atoms with van der Waals surface area (Å²) < 4.78 is 5.94. The number of aromatic nitrogens is 3. The van der Waals surface area contributed by atoms with Crippen molar-refractivity contribution < 1.29 is 14.3 Å². The summed E-state index contributed by atoms with van der Waals surface area (Å²) in [5.74, 6) is -0.266. The van der Waals surface area contributed by atoms with Crippen molar-refractivity contribution in [3.05, 3.63) is 64.2 Å². The zero-order valence-corrected chi connectivity index (χ0v) is 16.3. The molecule has 0 saturated heterocycles. The van der Waals surface area contributed by atoms with Crippen molar-refractivity contribution in [3.8, 4) is 5.75 Å². The van der Waals surface area contributed by atoms with Crippen LogP contribution in [0.25, 0.3) is 0 Å². The number of rotatable bonds is 6. The summed E-state index contributed by atoms with van der Waals surface area (Å²) in [7, 11) is 1.50. The molecule has 2 heterocycles. The zero-order chi connectivity index (χ0) is 20.3. The maximum Gasteiger partial charge on any atom is 0.274 e. The molecule has 0 radical (unpaired) electrons. The predicted molar refractivity (Wildman–Crippen MR) is 106 cm³/mol. The lowest BCUT2D eigenvalue weighted by Crippen LogP contribution is -2.20. The molecule has 1 aromatic carbocycles. The fourth-order valence-electron chi connectivity index (χ4n) is 2.59. The number of benzene rings is 1. The molecule has 8 nitrogen and oxygen atoms in total. The van der Waals surface area contributed by atoms with Gasteiger partial charge >= 0.3 is 0 Å². The lowest BCUT2D eigenvalue weighted by molar-refractivity contribution is 0.0952. The number of imidazole rings is 1. The van der Waals surface area contributed by atoms with Gasteiger partial charge in [-0.15, -0.1) is 0 Å². The molecule has 0 spiro atoms. The van der Waals surface area contributed by atoms with Crippen molar-refractivity contribution in [2.75, 3.05) is 12.4 Å². The van der Waals surface area contributed by atoms with E-state index in [4.69, 9.17) is 16.3 Å². The highest BCUT2D eigenvalue weighted by molar-refractivity contribution is 6.30. The fourth-order valence-corrected chi connectivity index (χ4v) is 2.71. The SMILES string of the molecule is CNC(=O)c1[nH]c(C(=O)Nc2ncc(C)[nH]2)cc1O[C@@H](C)c1ccc(Cl)cc1. The smallest absolute Gasteiger partial charge is 0.274 e. The highest BCUT2D eigenvalue weighted by Crippen LogP contribution is 2.27. The van der Waals surface area contributed by atoms with E-state index in [1.165, 1.54) is 13.1 Å². The van der Waals surface area contributed by atoms with E-state index < -0.39 is 11.8 Å². The Balaban J connectivity index is 1.83. The second kappa shape index (κ2) is 8.18. The van der Waals surface area contributed by atoms with Crippen LogP contribution in [0.2, 0.25) is 5.02 Å². The molecule has 3 aromatic rings.